The number of alkyl halides is 2. The molecule has 1 aromatic carbocycles. The van der Waals surface area contributed by atoms with Crippen molar-refractivity contribution < 1.29 is 26.7 Å². The second-order valence-electron chi connectivity index (χ2n) is 14.2. The maximum absolute atomic E-state index is 14.5. The lowest BCUT2D eigenvalue weighted by atomic mass is 10.1. The third-order valence-corrected chi connectivity index (χ3v) is 13.8. The number of fused-ring (bicyclic) bond motifs is 1. The van der Waals surface area contributed by atoms with E-state index in [9.17, 15) is 22.0 Å². The highest BCUT2D eigenvalue weighted by atomic mass is 32.2. The van der Waals surface area contributed by atoms with Crippen molar-refractivity contribution in [1.82, 2.24) is 29.2 Å². The van der Waals surface area contributed by atoms with E-state index in [4.69, 9.17) is 11.3 Å². The van der Waals surface area contributed by atoms with Crippen LogP contribution in [0.4, 0.5) is 14.5 Å². The van der Waals surface area contributed by atoms with Gasteiger partial charge in [0.15, 0.2) is 10.0 Å². The van der Waals surface area contributed by atoms with E-state index in [1.807, 2.05) is 16.7 Å². The van der Waals surface area contributed by atoms with Crippen molar-refractivity contribution >= 4 is 51.9 Å². The molecular weight excluding hydrogens is 667 g/mol. The molecule has 3 aromatic rings. The summed E-state index contributed by atoms with van der Waals surface area (Å²) in [5, 5.41) is 12.3. The summed E-state index contributed by atoms with van der Waals surface area (Å²) in [6, 6.07) is 3.93. The highest BCUT2D eigenvalue weighted by molar-refractivity contribution is 7.89. The molecule has 1 amide bonds. The van der Waals surface area contributed by atoms with E-state index < -0.39 is 35.2 Å². The Morgan fingerprint density at radius 2 is 1.83 bits per heavy atom. The summed E-state index contributed by atoms with van der Waals surface area (Å²) in [5.74, 6) is 0.145. The van der Waals surface area contributed by atoms with E-state index in [2.05, 4.69) is 39.8 Å². The van der Waals surface area contributed by atoms with Crippen molar-refractivity contribution in [3.63, 3.8) is 0 Å². The number of nitrogens with zero attached hydrogens (tertiary/aromatic N) is 8. The van der Waals surface area contributed by atoms with Gasteiger partial charge in [0.25, 0.3) is 16.4 Å². The number of anilines is 1. The fraction of sp³-hybridized carbons (Fsp3) is 0.633. The summed E-state index contributed by atoms with van der Waals surface area (Å²) >= 11 is 0.706. The number of halogens is 2. The molecule has 1 aliphatic heterocycles. The number of piperazine rings is 1. The molecule has 2 aromatic heterocycles. The summed E-state index contributed by atoms with van der Waals surface area (Å²) in [6.45, 7) is 18.5. The van der Waals surface area contributed by atoms with Crippen LogP contribution >= 0.6 is 11.3 Å². The van der Waals surface area contributed by atoms with Crippen molar-refractivity contribution in [3.8, 4) is 10.7 Å². The smallest absolute Gasteiger partial charge is 0.303 e. The average Bonchev–Trinajstić information content (AvgIpc) is 3.89. The number of aryl methyl sites for hydroxylation is 1. The first-order valence-corrected chi connectivity index (χ1v) is 21.7. The molecule has 0 bridgehead atoms. The van der Waals surface area contributed by atoms with Crippen molar-refractivity contribution in [2.45, 2.75) is 75.3 Å². The molecule has 0 atom stereocenters. The number of sulfonamides is 1. The van der Waals surface area contributed by atoms with Crippen LogP contribution in [0, 0.1) is 12.0 Å². The minimum absolute atomic E-state index is 0.0550. The first kappa shape index (κ1) is 33.8. The molecule has 254 valence electrons. The molecule has 0 N–H and O–H groups in total. The fourth-order valence-electron chi connectivity index (χ4n) is 5.86. The van der Waals surface area contributed by atoms with Gasteiger partial charge in [-0.3, -0.25) is 14.3 Å². The Kier molecular flexibility index (Phi) is 8.73. The van der Waals surface area contributed by atoms with Crippen LogP contribution in [-0.2, 0) is 26.6 Å². The van der Waals surface area contributed by atoms with Gasteiger partial charge in [0.2, 0.25) is 5.91 Å². The van der Waals surface area contributed by atoms with Crippen molar-refractivity contribution in [2.24, 2.45) is 12.5 Å². The maximum Gasteiger partial charge on any atom is 0.303 e. The van der Waals surface area contributed by atoms with Gasteiger partial charge < -0.3 is 14.5 Å². The van der Waals surface area contributed by atoms with Crippen LogP contribution in [0.2, 0.25) is 25.7 Å². The number of aromatic nitrogens is 4. The summed E-state index contributed by atoms with van der Waals surface area (Å²) in [6.07, 6.45) is -0.244. The zero-order valence-electron chi connectivity index (χ0n) is 27.3. The molecule has 3 aliphatic rings. The second-order valence-corrected chi connectivity index (χ2v) is 22.7. The number of carbonyl (C=O) groups excluding carboxylic acids is 1. The largest absolute Gasteiger partial charge is 0.366 e. The molecular formula is C30H40F2N8O4S2Si. The Morgan fingerprint density at radius 1 is 1.15 bits per heavy atom. The maximum atomic E-state index is 14.5. The molecule has 12 nitrogen and oxygen atoms in total. The third kappa shape index (κ3) is 6.54. The first-order chi connectivity index (χ1) is 22.1. The average molecular weight is 707 g/mol. The zero-order valence-corrected chi connectivity index (χ0v) is 29.9. The lowest BCUT2D eigenvalue weighted by Crippen LogP contribution is -2.50. The van der Waals surface area contributed by atoms with E-state index in [0.29, 0.717) is 73.6 Å². The number of carbonyl (C=O) groups is 1. The monoisotopic (exact) mass is 706 g/mol. The van der Waals surface area contributed by atoms with Crippen LogP contribution in [0.1, 0.15) is 44.0 Å². The number of hydrogen-bond acceptors (Lipinski definition) is 9. The molecule has 47 heavy (non-hydrogen) atoms. The summed E-state index contributed by atoms with van der Waals surface area (Å²) in [4.78, 5) is 20.7. The molecule has 3 fully saturated rings. The molecule has 2 saturated carbocycles. The van der Waals surface area contributed by atoms with Crippen LogP contribution in [0.5, 0.6) is 0 Å². The summed E-state index contributed by atoms with van der Waals surface area (Å²) in [7, 11) is -4.02. The van der Waals surface area contributed by atoms with Crippen LogP contribution < -0.4 is 4.90 Å². The summed E-state index contributed by atoms with van der Waals surface area (Å²) in [5.41, 5.74) is -0.0865. The SMILES string of the molecule is [C-]#[N+]C1(N(COCC[Si](C)(C)C)S(=O)(=O)c2cc(N3CCN(C(=O)C4(C)CC4)CC3)c3c(c2)c(-c2nnc(C(F)F)s2)nn3C)CC1. The Labute approximate surface area is 278 Å². The van der Waals surface area contributed by atoms with Gasteiger partial charge in [-0.15, -0.1) is 10.2 Å². The van der Waals surface area contributed by atoms with E-state index in [1.54, 1.807) is 17.8 Å². The number of benzene rings is 1. The second kappa shape index (κ2) is 12.1. The topological polar surface area (TPSA) is 118 Å². The van der Waals surface area contributed by atoms with E-state index in [1.165, 1.54) is 10.4 Å². The zero-order chi connectivity index (χ0) is 33.9. The van der Waals surface area contributed by atoms with Gasteiger partial charge in [-0.2, -0.15) is 5.10 Å². The number of ether oxygens (including phenoxy) is 1. The van der Waals surface area contributed by atoms with Crippen LogP contribution in [0.15, 0.2) is 17.0 Å². The molecule has 0 unspecified atom stereocenters. The highest BCUT2D eigenvalue weighted by Crippen LogP contribution is 2.48. The van der Waals surface area contributed by atoms with Crippen LogP contribution in [0.25, 0.3) is 26.4 Å². The third-order valence-electron chi connectivity index (χ3n) is 9.31. The molecule has 0 spiro atoms. The number of amides is 1. The molecule has 3 heterocycles. The van der Waals surface area contributed by atoms with Gasteiger partial charge in [0, 0.05) is 58.7 Å². The molecule has 17 heteroatoms. The van der Waals surface area contributed by atoms with E-state index in [0.717, 1.165) is 18.9 Å². The number of rotatable bonds is 12. The first-order valence-electron chi connectivity index (χ1n) is 15.7. The van der Waals surface area contributed by atoms with Crippen molar-refractivity contribution in [2.75, 3.05) is 44.4 Å². The predicted octanol–water partition coefficient (Wildman–Crippen LogP) is 5.19. The highest BCUT2D eigenvalue weighted by Gasteiger charge is 2.61. The Morgan fingerprint density at radius 3 is 2.38 bits per heavy atom. The van der Waals surface area contributed by atoms with Crippen molar-refractivity contribution in [1.29, 1.82) is 0 Å². The molecule has 6 rings (SSSR count). The normalized spacial score (nSPS) is 19.1. The minimum Gasteiger partial charge on any atom is -0.366 e. The standard InChI is InChI=1S/C30H40F2N8O4S2Si/c1-29(7-8-29)28(41)39-13-11-38(12-14-39)22-18-20(17-21-23(36-37(3)24(21)22)26-34-35-27(45-26)25(31)32)46(42,43)40(30(33-2)9-10-30)19-44-15-16-47(4,5)6/h17-18,25H,7-16,19H2,1,3-6H3. The van der Waals surface area contributed by atoms with E-state index in [-0.39, 0.29) is 33.7 Å². The molecule has 2 aliphatic carbocycles. The van der Waals surface area contributed by atoms with Crippen LogP contribution in [0.3, 0.4) is 0 Å². The fourth-order valence-corrected chi connectivity index (χ4v) is 8.98. The lowest BCUT2D eigenvalue weighted by Gasteiger charge is -2.37. The molecule has 1 saturated heterocycles. The van der Waals surface area contributed by atoms with Gasteiger partial charge >= 0.3 is 5.66 Å². The number of hydrogen-bond donors (Lipinski definition) is 0. The minimum atomic E-state index is -4.29. The van der Waals surface area contributed by atoms with Gasteiger partial charge in [-0.25, -0.2) is 23.8 Å². The summed E-state index contributed by atoms with van der Waals surface area (Å²) < 4.78 is 64.7. The van der Waals surface area contributed by atoms with Gasteiger partial charge in [0.05, 0.1) is 28.9 Å². The Balaban J connectivity index is 1.42. The van der Waals surface area contributed by atoms with Gasteiger partial charge in [-0.1, -0.05) is 42.2 Å². The molecule has 0 radical (unpaired) electrons. The van der Waals surface area contributed by atoms with E-state index >= 15 is 0 Å². The Hall–Kier alpha value is -3.04. The van der Waals surface area contributed by atoms with Crippen molar-refractivity contribution in [3.05, 3.63) is 28.6 Å². The predicted molar refractivity (Wildman–Crippen MR) is 177 cm³/mol. The quantitative estimate of drug-likeness (QED) is 0.109. The van der Waals surface area contributed by atoms with Gasteiger partial charge in [0.1, 0.15) is 12.4 Å². The van der Waals surface area contributed by atoms with Gasteiger partial charge in [-0.05, 0) is 31.0 Å². The van der Waals surface area contributed by atoms with Crippen LogP contribution in [-0.4, -0.2) is 96.8 Å². The lowest BCUT2D eigenvalue weighted by molar-refractivity contribution is -0.136. The Bertz CT molecular complexity index is 1840.